The first-order chi connectivity index (χ1) is 9.03. The molecular formula is C12H19N3O3S. The first-order valence-corrected chi connectivity index (χ1v) is 7.77. The molecule has 1 saturated heterocycles. The van der Waals surface area contributed by atoms with Gasteiger partial charge in [-0.25, -0.2) is 13.1 Å². The number of hydrogen-bond acceptors (Lipinski definition) is 5. The van der Waals surface area contributed by atoms with E-state index in [9.17, 15) is 8.42 Å². The lowest BCUT2D eigenvalue weighted by atomic mass is 10.1. The van der Waals surface area contributed by atoms with E-state index in [4.69, 9.17) is 4.74 Å². The van der Waals surface area contributed by atoms with Crippen LogP contribution in [0.2, 0.25) is 0 Å². The smallest absolute Gasteiger partial charge is 0.244 e. The van der Waals surface area contributed by atoms with E-state index >= 15 is 0 Å². The Morgan fingerprint density at radius 2 is 2.26 bits per heavy atom. The molecule has 1 aliphatic rings. The quantitative estimate of drug-likeness (QED) is 0.861. The molecule has 1 aromatic heterocycles. The highest BCUT2D eigenvalue weighted by molar-refractivity contribution is 7.89. The number of rotatable bonds is 4. The first-order valence-electron chi connectivity index (χ1n) is 6.28. The van der Waals surface area contributed by atoms with Crippen molar-refractivity contribution in [2.75, 3.05) is 19.0 Å². The number of hydrogen-bond donors (Lipinski definition) is 2. The summed E-state index contributed by atoms with van der Waals surface area (Å²) in [5.74, 6) is 0. The number of pyridine rings is 1. The molecule has 1 fully saturated rings. The van der Waals surface area contributed by atoms with Gasteiger partial charge in [-0.2, -0.15) is 0 Å². The van der Waals surface area contributed by atoms with E-state index in [1.54, 1.807) is 19.3 Å². The standard InChI is InChI=1S/C12H19N3O3S/c1-9-7-10(4-6-18-9)15-19(16,17)12-8-14-5-3-11(12)13-2/h3,5,8-10,15H,4,6-7H2,1-2H3,(H,13,14). The van der Waals surface area contributed by atoms with Crippen LogP contribution >= 0.6 is 0 Å². The molecule has 2 N–H and O–H groups in total. The van der Waals surface area contributed by atoms with Crippen LogP contribution in [0.1, 0.15) is 19.8 Å². The van der Waals surface area contributed by atoms with Crippen molar-refractivity contribution >= 4 is 15.7 Å². The van der Waals surface area contributed by atoms with E-state index in [0.717, 1.165) is 0 Å². The van der Waals surface area contributed by atoms with Crippen LogP contribution < -0.4 is 10.0 Å². The lowest BCUT2D eigenvalue weighted by Gasteiger charge is -2.27. The van der Waals surface area contributed by atoms with Gasteiger partial charge in [-0.05, 0) is 25.8 Å². The van der Waals surface area contributed by atoms with Crippen LogP contribution in [-0.4, -0.2) is 39.2 Å². The second-order valence-electron chi connectivity index (χ2n) is 4.65. The Morgan fingerprint density at radius 1 is 1.47 bits per heavy atom. The minimum absolute atomic E-state index is 0.0825. The maximum Gasteiger partial charge on any atom is 0.244 e. The average Bonchev–Trinajstić information content (AvgIpc) is 2.38. The molecule has 0 aliphatic carbocycles. The number of nitrogens with zero attached hydrogens (tertiary/aromatic N) is 1. The summed E-state index contributed by atoms with van der Waals surface area (Å²) in [5.41, 5.74) is 0.544. The molecule has 2 heterocycles. The lowest BCUT2D eigenvalue weighted by Crippen LogP contribution is -2.41. The van der Waals surface area contributed by atoms with Gasteiger partial charge in [0.25, 0.3) is 0 Å². The molecule has 2 unspecified atom stereocenters. The summed E-state index contributed by atoms with van der Waals surface area (Å²) in [4.78, 5) is 4.06. The Hall–Kier alpha value is -1.18. The Kier molecular flexibility index (Phi) is 4.38. The van der Waals surface area contributed by atoms with Crippen LogP contribution in [0, 0.1) is 0 Å². The Bertz CT molecular complexity index is 533. The minimum Gasteiger partial charge on any atom is -0.387 e. The van der Waals surface area contributed by atoms with Crippen molar-refractivity contribution in [3.05, 3.63) is 18.5 Å². The lowest BCUT2D eigenvalue weighted by molar-refractivity contribution is 0.0173. The summed E-state index contributed by atoms with van der Waals surface area (Å²) < 4.78 is 32.9. The summed E-state index contributed by atoms with van der Waals surface area (Å²) >= 11 is 0. The van der Waals surface area contributed by atoms with Crippen molar-refractivity contribution in [3.63, 3.8) is 0 Å². The van der Waals surface area contributed by atoms with E-state index in [1.165, 1.54) is 6.20 Å². The zero-order valence-corrected chi connectivity index (χ0v) is 11.9. The normalized spacial score (nSPS) is 24.1. The minimum atomic E-state index is -3.56. The molecule has 0 amide bonds. The molecule has 0 bridgehead atoms. The third-order valence-corrected chi connectivity index (χ3v) is 4.70. The summed E-state index contributed by atoms with van der Waals surface area (Å²) in [7, 11) is -1.87. The molecule has 7 heteroatoms. The van der Waals surface area contributed by atoms with Crippen molar-refractivity contribution < 1.29 is 13.2 Å². The molecule has 19 heavy (non-hydrogen) atoms. The van der Waals surface area contributed by atoms with Gasteiger partial charge in [0.1, 0.15) is 4.90 Å². The van der Waals surface area contributed by atoms with Crippen LogP contribution in [0.15, 0.2) is 23.4 Å². The maximum atomic E-state index is 12.4. The SMILES string of the molecule is CNc1ccncc1S(=O)(=O)NC1CCOC(C)C1. The number of sulfonamides is 1. The molecule has 0 saturated carbocycles. The molecule has 2 atom stereocenters. The largest absolute Gasteiger partial charge is 0.387 e. The fourth-order valence-corrected chi connectivity index (χ4v) is 3.63. The van der Waals surface area contributed by atoms with Crippen molar-refractivity contribution in [1.29, 1.82) is 0 Å². The van der Waals surface area contributed by atoms with E-state index in [0.29, 0.717) is 25.1 Å². The fraction of sp³-hybridized carbons (Fsp3) is 0.583. The number of aromatic nitrogens is 1. The Morgan fingerprint density at radius 3 is 2.95 bits per heavy atom. The topological polar surface area (TPSA) is 80.3 Å². The summed E-state index contributed by atoms with van der Waals surface area (Å²) in [6, 6.07) is 1.56. The van der Waals surface area contributed by atoms with Gasteiger partial charge in [-0.15, -0.1) is 0 Å². The van der Waals surface area contributed by atoms with Gasteiger partial charge in [0.2, 0.25) is 10.0 Å². The molecule has 0 radical (unpaired) electrons. The van der Waals surface area contributed by atoms with Crippen LogP contribution in [0.3, 0.4) is 0 Å². The molecule has 0 spiro atoms. The summed E-state index contributed by atoms with van der Waals surface area (Å²) in [6.45, 7) is 2.53. The monoisotopic (exact) mass is 285 g/mol. The summed E-state index contributed by atoms with van der Waals surface area (Å²) in [5, 5.41) is 2.86. The fourth-order valence-electron chi connectivity index (χ4n) is 2.19. The highest BCUT2D eigenvalue weighted by atomic mass is 32.2. The van der Waals surface area contributed by atoms with Crippen molar-refractivity contribution in [3.8, 4) is 0 Å². The van der Waals surface area contributed by atoms with Gasteiger partial charge < -0.3 is 10.1 Å². The van der Waals surface area contributed by atoms with Gasteiger partial charge in [0, 0.05) is 32.1 Å². The molecular weight excluding hydrogens is 266 g/mol. The van der Waals surface area contributed by atoms with Gasteiger partial charge >= 0.3 is 0 Å². The molecule has 6 nitrogen and oxygen atoms in total. The predicted octanol–water partition coefficient (Wildman–Crippen LogP) is 0.969. The molecule has 106 valence electrons. The van der Waals surface area contributed by atoms with E-state index < -0.39 is 10.0 Å². The van der Waals surface area contributed by atoms with Crippen molar-refractivity contribution in [2.45, 2.75) is 36.8 Å². The van der Waals surface area contributed by atoms with Gasteiger partial charge in [-0.1, -0.05) is 0 Å². The number of ether oxygens (including phenoxy) is 1. The molecule has 2 rings (SSSR count). The highest BCUT2D eigenvalue weighted by Crippen LogP contribution is 2.21. The van der Waals surface area contributed by atoms with Gasteiger partial charge in [-0.3, -0.25) is 4.98 Å². The predicted molar refractivity (Wildman–Crippen MR) is 72.5 cm³/mol. The van der Waals surface area contributed by atoms with Gasteiger partial charge in [0.15, 0.2) is 0 Å². The van der Waals surface area contributed by atoms with E-state index in [-0.39, 0.29) is 17.0 Å². The third-order valence-electron chi connectivity index (χ3n) is 3.15. The zero-order valence-electron chi connectivity index (χ0n) is 11.1. The number of nitrogens with one attached hydrogen (secondary N) is 2. The summed E-state index contributed by atoms with van der Waals surface area (Å²) in [6.07, 6.45) is 4.38. The third kappa shape index (κ3) is 3.43. The molecule has 1 aromatic rings. The second kappa shape index (κ2) is 5.85. The van der Waals surface area contributed by atoms with Crippen LogP contribution in [0.25, 0.3) is 0 Å². The molecule has 0 aromatic carbocycles. The van der Waals surface area contributed by atoms with Crippen molar-refractivity contribution in [2.24, 2.45) is 0 Å². The highest BCUT2D eigenvalue weighted by Gasteiger charge is 2.26. The van der Waals surface area contributed by atoms with E-state index in [1.807, 2.05) is 6.92 Å². The zero-order chi connectivity index (χ0) is 13.9. The maximum absolute atomic E-state index is 12.4. The Balaban J connectivity index is 2.18. The average molecular weight is 285 g/mol. The second-order valence-corrected chi connectivity index (χ2v) is 6.33. The van der Waals surface area contributed by atoms with Gasteiger partial charge in [0.05, 0.1) is 11.8 Å². The molecule has 1 aliphatic heterocycles. The Labute approximate surface area is 113 Å². The van der Waals surface area contributed by atoms with Crippen LogP contribution in [-0.2, 0) is 14.8 Å². The first kappa shape index (κ1) is 14.2. The number of anilines is 1. The van der Waals surface area contributed by atoms with E-state index in [2.05, 4.69) is 15.0 Å². The van der Waals surface area contributed by atoms with Crippen LogP contribution in [0.5, 0.6) is 0 Å². The van der Waals surface area contributed by atoms with Crippen LogP contribution in [0.4, 0.5) is 5.69 Å². The van der Waals surface area contributed by atoms with Crippen molar-refractivity contribution in [1.82, 2.24) is 9.71 Å².